The summed E-state index contributed by atoms with van der Waals surface area (Å²) in [5, 5.41) is 9.61. The maximum atomic E-state index is 12.5. The van der Waals surface area contributed by atoms with E-state index in [2.05, 4.69) is 6.07 Å². The van der Waals surface area contributed by atoms with Crippen molar-refractivity contribution in [1.82, 2.24) is 0 Å². The first kappa shape index (κ1) is 36.3. The first-order valence-electron chi connectivity index (χ1n) is 8.01. The van der Waals surface area contributed by atoms with Crippen molar-refractivity contribution in [3.63, 3.8) is 0 Å². The number of aliphatic hydroxyl groups excluding tert-OH is 1. The second kappa shape index (κ2) is 25.9. The molecular formula is C21H29BrF2MgO2S2. The Morgan fingerprint density at radius 3 is 1.83 bits per heavy atom. The summed E-state index contributed by atoms with van der Waals surface area (Å²) in [4.78, 5) is 9.55. The molecule has 1 unspecified atom stereocenters. The van der Waals surface area contributed by atoms with Crippen molar-refractivity contribution in [3.05, 3.63) is 71.8 Å². The van der Waals surface area contributed by atoms with Crippen molar-refractivity contribution in [3.8, 4) is 0 Å². The minimum absolute atomic E-state index is 0. The standard InChI is InChI=1S/C10H13FOS.C6H4F.C4H8OS.CH4.BrH.Mg/c1-13-7-6-10(12)8-2-4-9(11)5-3-8;7-6-4-2-1-3-5-6;1-6-4-2-3-5;;;/h2-5,10,12H,6-7H2,1H3;2-5H;3H,2,4H2,1H3;1H4;1H;/q;-1;;;;+2/p-1. The molecule has 0 aliphatic rings. The first-order chi connectivity index (χ1) is 12.5. The monoisotopic (exact) mass is 518 g/mol. The second-order valence-corrected chi connectivity index (χ2v) is 6.99. The topological polar surface area (TPSA) is 37.3 Å². The predicted molar refractivity (Wildman–Crippen MR) is 121 cm³/mol. The van der Waals surface area contributed by atoms with Gasteiger partial charge in [0.1, 0.15) is 12.1 Å². The summed E-state index contributed by atoms with van der Waals surface area (Å²) in [5.41, 5.74) is 0.787. The average molecular weight is 520 g/mol. The van der Waals surface area contributed by atoms with Crippen LogP contribution in [-0.2, 0) is 4.79 Å². The number of aldehydes is 1. The Bertz CT molecular complexity index is 579. The number of halogens is 3. The van der Waals surface area contributed by atoms with Crippen LogP contribution in [0.5, 0.6) is 0 Å². The van der Waals surface area contributed by atoms with Gasteiger partial charge in [0, 0.05) is 12.2 Å². The van der Waals surface area contributed by atoms with Crippen molar-refractivity contribution in [1.29, 1.82) is 0 Å². The van der Waals surface area contributed by atoms with Crippen LogP contribution in [0.4, 0.5) is 8.78 Å². The second-order valence-electron chi connectivity index (χ2n) is 5.02. The Morgan fingerprint density at radius 1 is 1.00 bits per heavy atom. The van der Waals surface area contributed by atoms with E-state index in [1.807, 2.05) is 12.5 Å². The Balaban J connectivity index is -0.000000169. The average Bonchev–Trinajstić information content (AvgIpc) is 2.66. The molecule has 0 radical (unpaired) electrons. The number of carbonyl (C=O) groups excluding carboxylic acids is 1. The fourth-order valence-electron chi connectivity index (χ4n) is 1.61. The molecule has 0 heterocycles. The molecule has 0 amide bonds. The molecule has 0 aromatic heterocycles. The van der Waals surface area contributed by atoms with Crippen molar-refractivity contribution in [2.75, 3.05) is 24.0 Å². The molecule has 0 saturated carbocycles. The van der Waals surface area contributed by atoms with Gasteiger partial charge in [-0.2, -0.15) is 41.7 Å². The molecule has 8 heteroatoms. The van der Waals surface area contributed by atoms with Crippen LogP contribution in [0.25, 0.3) is 0 Å². The summed E-state index contributed by atoms with van der Waals surface area (Å²) in [7, 11) is 0. The van der Waals surface area contributed by atoms with Crippen molar-refractivity contribution >= 4 is 52.9 Å². The molecule has 2 rings (SSSR count). The fourth-order valence-corrected chi connectivity index (χ4v) is 2.40. The Kier molecular flexibility index (Phi) is 32.4. The number of aliphatic hydroxyl groups is 1. The van der Waals surface area contributed by atoms with Crippen molar-refractivity contribution in [2.24, 2.45) is 0 Å². The maximum Gasteiger partial charge on any atom is 2.00 e. The third-order valence-corrected chi connectivity index (χ3v) is 4.26. The van der Waals surface area contributed by atoms with Gasteiger partial charge in [0.25, 0.3) is 0 Å². The molecule has 0 aliphatic carbocycles. The largest absolute Gasteiger partial charge is 2.00 e. The summed E-state index contributed by atoms with van der Waals surface area (Å²) in [5.74, 6) is 1.40. The molecule has 160 valence electrons. The summed E-state index contributed by atoms with van der Waals surface area (Å²) < 4.78 is 24.4. The van der Waals surface area contributed by atoms with Crippen LogP contribution in [0.1, 0.15) is 31.9 Å². The van der Waals surface area contributed by atoms with Crippen LogP contribution in [0.2, 0.25) is 0 Å². The smallest absolute Gasteiger partial charge is 1.00 e. The van der Waals surface area contributed by atoms with Crippen LogP contribution in [0.15, 0.2) is 48.5 Å². The van der Waals surface area contributed by atoms with E-state index in [1.54, 1.807) is 35.7 Å². The van der Waals surface area contributed by atoms with Crippen molar-refractivity contribution < 1.29 is 35.7 Å². The van der Waals surface area contributed by atoms with Gasteiger partial charge >= 0.3 is 23.1 Å². The van der Waals surface area contributed by atoms with Gasteiger partial charge in [-0.25, -0.2) is 8.78 Å². The Labute approximate surface area is 209 Å². The minimum atomic E-state index is -0.465. The SMILES string of the molecule is C.CSCCC(O)c1ccc(F)cc1.CSCCC=O.Fc1cc[c-]cc1.[Br-].[Mg+2]. The number of hydrogen-bond donors (Lipinski definition) is 1. The van der Waals surface area contributed by atoms with Crippen molar-refractivity contribution in [2.45, 2.75) is 26.4 Å². The Morgan fingerprint density at radius 2 is 1.48 bits per heavy atom. The molecule has 0 aliphatic heterocycles. The third-order valence-electron chi connectivity index (χ3n) is 2.97. The zero-order chi connectivity index (χ0) is 19.6. The van der Waals surface area contributed by atoms with E-state index in [0.29, 0.717) is 12.8 Å². The number of rotatable bonds is 7. The summed E-state index contributed by atoms with van der Waals surface area (Å²) >= 11 is 3.39. The number of thioether (sulfide) groups is 2. The van der Waals surface area contributed by atoms with E-state index < -0.39 is 6.10 Å². The molecule has 0 spiro atoms. The zero-order valence-corrected chi connectivity index (χ0v) is 20.7. The molecule has 0 bridgehead atoms. The molecule has 2 aromatic carbocycles. The molecule has 1 atom stereocenters. The van der Waals surface area contributed by atoms with Gasteiger partial charge in [-0.1, -0.05) is 19.6 Å². The molecule has 2 aromatic rings. The molecule has 1 N–H and O–H groups in total. The predicted octanol–water partition coefficient (Wildman–Crippen LogP) is 2.44. The molecule has 0 fully saturated rings. The molecule has 2 nitrogen and oxygen atoms in total. The molecule has 29 heavy (non-hydrogen) atoms. The van der Waals surface area contributed by atoms with Crippen LogP contribution in [-0.4, -0.2) is 58.5 Å². The van der Waals surface area contributed by atoms with Gasteiger partial charge < -0.3 is 26.9 Å². The number of carbonyl (C=O) groups is 1. The van der Waals surface area contributed by atoms with E-state index in [4.69, 9.17) is 0 Å². The third kappa shape index (κ3) is 22.4. The minimum Gasteiger partial charge on any atom is -1.00 e. The zero-order valence-electron chi connectivity index (χ0n) is 16.1. The summed E-state index contributed by atoms with van der Waals surface area (Å²) in [6, 6.07) is 14.5. The van der Waals surface area contributed by atoms with E-state index >= 15 is 0 Å². The maximum absolute atomic E-state index is 12.5. The first-order valence-corrected chi connectivity index (χ1v) is 10.8. The fraction of sp³-hybridized carbons (Fsp3) is 0.381. The van der Waals surface area contributed by atoms with Crippen LogP contribution in [0.3, 0.4) is 0 Å². The van der Waals surface area contributed by atoms with Gasteiger partial charge in [-0.05, 0) is 48.1 Å². The quantitative estimate of drug-likeness (QED) is 0.264. The van der Waals surface area contributed by atoms with Crippen LogP contribution in [0, 0.1) is 17.7 Å². The van der Waals surface area contributed by atoms with E-state index in [9.17, 15) is 18.7 Å². The normalized spacial score (nSPS) is 9.55. The van der Waals surface area contributed by atoms with Gasteiger partial charge in [0.2, 0.25) is 0 Å². The van der Waals surface area contributed by atoms with Gasteiger partial charge in [-0.15, -0.1) is 12.1 Å². The van der Waals surface area contributed by atoms with Gasteiger partial charge in [-0.3, -0.25) is 0 Å². The van der Waals surface area contributed by atoms with Gasteiger partial charge in [0.15, 0.2) is 0 Å². The van der Waals surface area contributed by atoms with E-state index in [-0.39, 0.29) is 59.1 Å². The van der Waals surface area contributed by atoms with Crippen LogP contribution < -0.4 is 17.0 Å². The molecule has 0 saturated heterocycles. The van der Waals surface area contributed by atoms with Crippen LogP contribution >= 0.6 is 23.5 Å². The number of benzene rings is 2. The van der Waals surface area contributed by atoms with E-state index in [0.717, 1.165) is 23.4 Å². The number of hydrogen-bond acceptors (Lipinski definition) is 4. The summed E-state index contributed by atoms with van der Waals surface area (Å²) in [6.45, 7) is 0. The van der Waals surface area contributed by atoms with Gasteiger partial charge in [0.05, 0.1) is 6.10 Å². The Hall–Kier alpha value is -0.124. The molecular weight excluding hydrogens is 491 g/mol. The summed E-state index contributed by atoms with van der Waals surface area (Å²) in [6.07, 6.45) is 5.87. The van der Waals surface area contributed by atoms with E-state index in [1.165, 1.54) is 36.4 Å².